The fraction of sp³-hybridized carbons (Fsp3) is 0.176. The lowest BCUT2D eigenvalue weighted by Gasteiger charge is -2.50. The van der Waals surface area contributed by atoms with E-state index in [-0.39, 0.29) is 51.3 Å². The van der Waals surface area contributed by atoms with Crippen LogP contribution in [0.25, 0.3) is 0 Å². The van der Waals surface area contributed by atoms with Gasteiger partial charge in [-0.3, -0.25) is 0 Å². The molecule has 0 heterocycles. The Hall–Kier alpha value is -3.40. The first-order chi connectivity index (χ1) is 22.7. The fourth-order valence-electron chi connectivity index (χ4n) is 6.71. The highest BCUT2D eigenvalue weighted by Gasteiger charge is 2.54. The second-order valence-electron chi connectivity index (χ2n) is 11.1. The minimum Gasteiger partial charge on any atom is -0.478 e. The molecule has 1 saturated carbocycles. The first-order valence-electron chi connectivity index (χ1n) is 14.1. The summed E-state index contributed by atoms with van der Waals surface area (Å²) in [5.41, 5.74) is 0.781. The van der Waals surface area contributed by atoms with Gasteiger partial charge in [0.15, 0.2) is 0 Å². The van der Waals surface area contributed by atoms with Crippen LogP contribution in [0.2, 0.25) is 0 Å². The van der Waals surface area contributed by atoms with E-state index in [9.17, 15) is 49.8 Å². The number of hydrogen-bond donors (Lipinski definition) is 6. The summed E-state index contributed by atoms with van der Waals surface area (Å²) < 4.78 is 0.533. The molecule has 0 unspecified atom stereocenters. The highest BCUT2D eigenvalue weighted by Crippen LogP contribution is 2.61. The highest BCUT2D eigenvalue weighted by atomic mass is 79.9. The maximum atomic E-state index is 12.3. The SMILES string of the molecule is O=C(O)c1cccc([C@@H]2[C@H](c3cccc(C(=O)O)c3Br)[C@H](c3cccc(C(=O)O)c3Br)[C@H](O)[C@H](O)[C@@H]2c2cccc(C(=O)O)c2Br)c1Br. The van der Waals surface area contributed by atoms with Gasteiger partial charge in [-0.1, -0.05) is 48.5 Å². The Kier molecular flexibility index (Phi) is 10.6. The molecular formula is C34H24Br4O10. The quantitative estimate of drug-likeness (QED) is 0.102. The normalized spacial score (nSPS) is 22.2. The first kappa shape index (κ1) is 35.9. The van der Waals surface area contributed by atoms with Gasteiger partial charge < -0.3 is 30.6 Å². The van der Waals surface area contributed by atoms with Gasteiger partial charge in [-0.2, -0.15) is 0 Å². The predicted molar refractivity (Wildman–Crippen MR) is 187 cm³/mol. The van der Waals surface area contributed by atoms with Crippen molar-refractivity contribution in [2.45, 2.75) is 35.9 Å². The van der Waals surface area contributed by atoms with Crippen LogP contribution in [0.3, 0.4) is 0 Å². The molecule has 5 rings (SSSR count). The minimum absolute atomic E-state index is 0.118. The van der Waals surface area contributed by atoms with Gasteiger partial charge in [-0.25, -0.2) is 19.2 Å². The van der Waals surface area contributed by atoms with Gasteiger partial charge in [0.2, 0.25) is 0 Å². The Bertz CT molecular complexity index is 1840. The van der Waals surface area contributed by atoms with Crippen LogP contribution in [0.5, 0.6) is 0 Å². The third kappa shape index (κ3) is 6.25. The summed E-state index contributed by atoms with van der Waals surface area (Å²) >= 11 is 13.7. The van der Waals surface area contributed by atoms with Gasteiger partial charge in [-0.05, 0) is 110 Å². The molecular weight excluding hydrogens is 888 g/mol. The average molecular weight is 912 g/mol. The van der Waals surface area contributed by atoms with Crippen molar-refractivity contribution in [2.75, 3.05) is 0 Å². The highest BCUT2D eigenvalue weighted by molar-refractivity contribution is 9.11. The number of carbonyl (C=O) groups is 4. The largest absolute Gasteiger partial charge is 0.478 e. The lowest BCUT2D eigenvalue weighted by atomic mass is 9.56. The Labute approximate surface area is 306 Å². The zero-order valence-electron chi connectivity index (χ0n) is 24.2. The fourth-order valence-corrected chi connectivity index (χ4v) is 9.51. The van der Waals surface area contributed by atoms with E-state index in [1.54, 1.807) is 24.3 Å². The molecule has 0 spiro atoms. The van der Waals surface area contributed by atoms with Gasteiger partial charge in [0.05, 0.1) is 34.5 Å². The van der Waals surface area contributed by atoms with E-state index in [1.807, 2.05) is 0 Å². The number of aliphatic hydroxyl groups is 2. The standard InChI is InChI=1S/C34H24Br4O10/c35-25-13(5-1-9-17(25)31(41)42)21-22(14-6-2-10-18(26(14)36)32(43)44)24(16-8-4-12-20(28(16)38)34(47)48)30(40)29(39)23(21)15-7-3-11-19(27(15)37)33(45)46/h1-12,21-24,29-30,39-40H,(H,41,42)(H,43,44)(H,45,46)(H,47,48)/t21-,22+,23-,24+,29-,30+. The van der Waals surface area contributed by atoms with Crippen LogP contribution < -0.4 is 0 Å². The van der Waals surface area contributed by atoms with Crippen LogP contribution in [0.15, 0.2) is 90.7 Å². The van der Waals surface area contributed by atoms with E-state index in [2.05, 4.69) is 63.7 Å². The molecule has 14 heteroatoms. The number of hydrogen-bond acceptors (Lipinski definition) is 6. The molecule has 0 radical (unpaired) electrons. The van der Waals surface area contributed by atoms with Crippen LogP contribution in [0, 0.1) is 0 Å². The van der Waals surface area contributed by atoms with Crippen molar-refractivity contribution in [3.63, 3.8) is 0 Å². The van der Waals surface area contributed by atoms with E-state index in [1.165, 1.54) is 48.5 Å². The molecule has 0 aliphatic heterocycles. The molecule has 48 heavy (non-hydrogen) atoms. The zero-order chi connectivity index (χ0) is 35.2. The van der Waals surface area contributed by atoms with Crippen LogP contribution in [0.4, 0.5) is 0 Å². The van der Waals surface area contributed by atoms with Crippen molar-refractivity contribution in [3.8, 4) is 0 Å². The number of rotatable bonds is 8. The van der Waals surface area contributed by atoms with E-state index in [0.29, 0.717) is 11.1 Å². The smallest absolute Gasteiger partial charge is 0.336 e. The van der Waals surface area contributed by atoms with Crippen molar-refractivity contribution < 1.29 is 49.8 Å². The van der Waals surface area contributed by atoms with Crippen molar-refractivity contribution in [1.82, 2.24) is 0 Å². The van der Waals surface area contributed by atoms with E-state index in [4.69, 9.17) is 0 Å². The van der Waals surface area contributed by atoms with Crippen molar-refractivity contribution in [3.05, 3.63) is 135 Å². The summed E-state index contributed by atoms with van der Waals surface area (Å²) in [6, 6.07) is 17.9. The van der Waals surface area contributed by atoms with Gasteiger partial charge >= 0.3 is 23.9 Å². The molecule has 0 saturated heterocycles. The molecule has 6 atom stereocenters. The first-order valence-corrected chi connectivity index (χ1v) is 17.3. The summed E-state index contributed by atoms with van der Waals surface area (Å²) in [6.07, 6.45) is -3.28. The van der Waals surface area contributed by atoms with E-state index >= 15 is 0 Å². The van der Waals surface area contributed by atoms with Gasteiger partial charge in [0.1, 0.15) is 0 Å². The number of benzene rings is 4. The molecule has 4 aromatic rings. The maximum absolute atomic E-state index is 12.3. The monoisotopic (exact) mass is 908 g/mol. The van der Waals surface area contributed by atoms with Gasteiger partial charge in [0.25, 0.3) is 0 Å². The zero-order valence-corrected chi connectivity index (χ0v) is 30.6. The summed E-state index contributed by atoms with van der Waals surface area (Å²) in [5.74, 6) is -9.29. The summed E-state index contributed by atoms with van der Waals surface area (Å²) in [7, 11) is 0. The average Bonchev–Trinajstić information content (AvgIpc) is 3.02. The van der Waals surface area contributed by atoms with E-state index in [0.717, 1.165) is 0 Å². The maximum Gasteiger partial charge on any atom is 0.336 e. The van der Waals surface area contributed by atoms with Crippen LogP contribution >= 0.6 is 63.7 Å². The third-order valence-corrected chi connectivity index (χ3v) is 12.3. The third-order valence-electron chi connectivity index (χ3n) is 8.72. The Morgan fingerprint density at radius 1 is 0.396 bits per heavy atom. The Morgan fingerprint density at radius 3 is 0.812 bits per heavy atom. The lowest BCUT2D eigenvalue weighted by Crippen LogP contribution is -2.49. The molecule has 1 aliphatic carbocycles. The molecule has 248 valence electrons. The van der Waals surface area contributed by atoms with Gasteiger partial charge in [-0.15, -0.1) is 0 Å². The second kappa shape index (κ2) is 14.2. The molecule has 1 aliphatic rings. The number of aromatic carboxylic acids is 4. The van der Waals surface area contributed by atoms with Crippen LogP contribution in [-0.2, 0) is 0 Å². The minimum atomic E-state index is -1.64. The summed E-state index contributed by atoms with van der Waals surface area (Å²) in [5, 5.41) is 64.3. The molecule has 0 bridgehead atoms. The van der Waals surface area contributed by atoms with Crippen LogP contribution in [-0.4, -0.2) is 66.7 Å². The van der Waals surface area contributed by atoms with Crippen molar-refractivity contribution >= 4 is 87.6 Å². The second-order valence-corrected chi connectivity index (χ2v) is 14.3. The molecule has 4 aromatic carbocycles. The van der Waals surface area contributed by atoms with Crippen LogP contribution in [0.1, 0.15) is 87.4 Å². The van der Waals surface area contributed by atoms with Crippen molar-refractivity contribution in [1.29, 1.82) is 0 Å². The molecule has 6 N–H and O–H groups in total. The number of carboxylic acid groups (broad SMARTS) is 4. The number of aliphatic hydroxyl groups excluding tert-OH is 2. The lowest BCUT2D eigenvalue weighted by molar-refractivity contribution is -0.0521. The summed E-state index contributed by atoms with van der Waals surface area (Å²) in [6.45, 7) is 0. The molecule has 10 nitrogen and oxygen atoms in total. The number of halogens is 4. The topological polar surface area (TPSA) is 190 Å². The Balaban J connectivity index is 1.96. The predicted octanol–water partition coefficient (Wildman–Crippen LogP) is 7.70. The molecule has 1 fully saturated rings. The Morgan fingerprint density at radius 2 is 0.604 bits per heavy atom. The molecule has 0 aromatic heterocycles. The summed E-state index contributed by atoms with van der Waals surface area (Å²) in [4.78, 5) is 49.0. The molecule has 0 amide bonds. The van der Waals surface area contributed by atoms with Crippen molar-refractivity contribution in [2.24, 2.45) is 0 Å². The number of carboxylic acids is 4. The van der Waals surface area contributed by atoms with E-state index < -0.39 is 59.8 Å². The van der Waals surface area contributed by atoms with Gasteiger partial charge in [0, 0.05) is 41.6 Å².